The zero-order chi connectivity index (χ0) is 15.7. The van der Waals surface area contributed by atoms with Crippen molar-refractivity contribution in [2.24, 2.45) is 0 Å². The predicted molar refractivity (Wildman–Crippen MR) is 84.0 cm³/mol. The highest BCUT2D eigenvalue weighted by atomic mass is 16.3. The molecule has 0 amide bonds. The molecule has 0 spiro atoms. The smallest absolute Gasteiger partial charge is 0.123 e. The van der Waals surface area contributed by atoms with E-state index in [-0.39, 0.29) is 23.0 Å². The molecular weight excluding hydrogens is 280 g/mol. The van der Waals surface area contributed by atoms with Gasteiger partial charge in [-0.05, 0) is 53.6 Å². The van der Waals surface area contributed by atoms with E-state index < -0.39 is 0 Å². The fourth-order valence-electron chi connectivity index (χ4n) is 2.36. The third-order valence-electron chi connectivity index (χ3n) is 3.44. The van der Waals surface area contributed by atoms with Crippen molar-refractivity contribution in [1.29, 1.82) is 0 Å². The Morgan fingerprint density at radius 2 is 0.955 bits per heavy atom. The Bertz CT molecular complexity index is 773. The maximum Gasteiger partial charge on any atom is 0.123 e. The van der Waals surface area contributed by atoms with E-state index >= 15 is 0 Å². The Kier molecular flexibility index (Phi) is 3.35. The molecule has 0 aliphatic carbocycles. The van der Waals surface area contributed by atoms with Crippen LogP contribution in [0.4, 0.5) is 0 Å². The molecule has 0 saturated heterocycles. The number of phenols is 4. The lowest BCUT2D eigenvalue weighted by atomic mass is 9.98. The summed E-state index contributed by atoms with van der Waals surface area (Å²) in [5.41, 5.74) is 2.35. The summed E-state index contributed by atoms with van der Waals surface area (Å²) in [6.45, 7) is 0. The molecule has 0 aromatic heterocycles. The van der Waals surface area contributed by atoms with Gasteiger partial charge in [0, 0.05) is 11.1 Å². The van der Waals surface area contributed by atoms with Gasteiger partial charge in [-0.15, -0.1) is 0 Å². The van der Waals surface area contributed by atoms with Crippen molar-refractivity contribution in [2.75, 3.05) is 0 Å². The van der Waals surface area contributed by atoms with Crippen LogP contribution in [0.5, 0.6) is 23.0 Å². The van der Waals surface area contributed by atoms with Gasteiger partial charge >= 0.3 is 0 Å². The molecule has 22 heavy (non-hydrogen) atoms. The second-order valence-corrected chi connectivity index (χ2v) is 4.98. The summed E-state index contributed by atoms with van der Waals surface area (Å²) in [6.07, 6.45) is 0. The summed E-state index contributed by atoms with van der Waals surface area (Å²) in [7, 11) is 0. The fraction of sp³-hybridized carbons (Fsp3) is 0. The summed E-state index contributed by atoms with van der Waals surface area (Å²) in [4.78, 5) is 0. The number of benzene rings is 3. The van der Waals surface area contributed by atoms with Crippen LogP contribution in [0.2, 0.25) is 0 Å². The summed E-state index contributed by atoms with van der Waals surface area (Å²) in [6, 6.07) is 15.7. The molecule has 0 heterocycles. The lowest BCUT2D eigenvalue weighted by Gasteiger charge is -2.10. The second kappa shape index (κ2) is 5.33. The van der Waals surface area contributed by atoms with Crippen LogP contribution >= 0.6 is 0 Å². The van der Waals surface area contributed by atoms with Gasteiger partial charge in [-0.3, -0.25) is 0 Å². The molecule has 3 aromatic rings. The first-order chi connectivity index (χ1) is 10.5. The predicted octanol–water partition coefficient (Wildman–Crippen LogP) is 3.84. The van der Waals surface area contributed by atoms with E-state index in [1.807, 2.05) is 0 Å². The molecule has 0 unspecified atom stereocenters. The van der Waals surface area contributed by atoms with Crippen LogP contribution in [0.25, 0.3) is 22.3 Å². The van der Waals surface area contributed by atoms with Gasteiger partial charge in [0.25, 0.3) is 0 Å². The lowest BCUT2D eigenvalue weighted by molar-refractivity contribution is 0.461. The average molecular weight is 294 g/mol. The van der Waals surface area contributed by atoms with E-state index in [0.717, 1.165) is 0 Å². The quantitative estimate of drug-likeness (QED) is 0.541. The molecule has 4 nitrogen and oxygen atoms in total. The molecule has 0 atom stereocenters. The topological polar surface area (TPSA) is 80.9 Å². The van der Waals surface area contributed by atoms with Gasteiger partial charge in [0.2, 0.25) is 0 Å². The minimum absolute atomic E-state index is 0.0510. The summed E-state index contributed by atoms with van der Waals surface area (Å²) < 4.78 is 0. The average Bonchev–Trinajstić information content (AvgIpc) is 2.52. The molecule has 4 heteroatoms. The van der Waals surface area contributed by atoms with Crippen molar-refractivity contribution in [2.45, 2.75) is 0 Å². The Morgan fingerprint density at radius 1 is 0.500 bits per heavy atom. The largest absolute Gasteiger partial charge is 0.508 e. The first-order valence-corrected chi connectivity index (χ1v) is 6.69. The van der Waals surface area contributed by atoms with Gasteiger partial charge in [-0.2, -0.15) is 0 Å². The molecular formula is C18H14O4. The normalized spacial score (nSPS) is 10.5. The summed E-state index contributed by atoms with van der Waals surface area (Å²) in [5, 5.41) is 39.1. The van der Waals surface area contributed by atoms with E-state index in [1.54, 1.807) is 24.3 Å². The monoisotopic (exact) mass is 294 g/mol. The zero-order valence-corrected chi connectivity index (χ0v) is 11.6. The molecule has 0 saturated carbocycles. The number of hydrogen-bond donors (Lipinski definition) is 4. The molecule has 0 radical (unpaired) electrons. The van der Waals surface area contributed by atoms with Crippen molar-refractivity contribution < 1.29 is 20.4 Å². The van der Waals surface area contributed by atoms with E-state index in [2.05, 4.69) is 0 Å². The SMILES string of the molecule is Oc1ccc(O)c(-c2cccc(-c3cc(O)ccc3O)c2)c1. The Morgan fingerprint density at radius 3 is 1.41 bits per heavy atom. The number of aromatic hydroxyl groups is 4. The van der Waals surface area contributed by atoms with Crippen LogP contribution < -0.4 is 0 Å². The van der Waals surface area contributed by atoms with Crippen molar-refractivity contribution in [3.8, 4) is 45.3 Å². The van der Waals surface area contributed by atoms with Crippen molar-refractivity contribution >= 4 is 0 Å². The van der Waals surface area contributed by atoms with Gasteiger partial charge in [-0.25, -0.2) is 0 Å². The van der Waals surface area contributed by atoms with Crippen LogP contribution in [0.3, 0.4) is 0 Å². The molecule has 0 aliphatic heterocycles. The molecule has 3 rings (SSSR count). The van der Waals surface area contributed by atoms with E-state index in [0.29, 0.717) is 22.3 Å². The maximum atomic E-state index is 9.95. The molecule has 0 bridgehead atoms. The first-order valence-electron chi connectivity index (χ1n) is 6.69. The number of hydrogen-bond acceptors (Lipinski definition) is 4. The highest BCUT2D eigenvalue weighted by Crippen LogP contribution is 2.37. The van der Waals surface area contributed by atoms with Crippen LogP contribution in [-0.2, 0) is 0 Å². The van der Waals surface area contributed by atoms with Gasteiger partial charge in [0.05, 0.1) is 0 Å². The summed E-state index contributed by atoms with van der Waals surface area (Å²) in [5.74, 6) is 0.210. The van der Waals surface area contributed by atoms with Crippen LogP contribution in [-0.4, -0.2) is 20.4 Å². The standard InChI is InChI=1S/C18H14O4/c19-13-4-6-17(21)15(9-13)11-2-1-3-12(8-11)16-10-14(20)5-7-18(16)22/h1-10,19-22H. The first kappa shape index (κ1) is 13.8. The number of rotatable bonds is 2. The molecule has 0 fully saturated rings. The van der Waals surface area contributed by atoms with Gasteiger partial charge in [0.1, 0.15) is 23.0 Å². The van der Waals surface area contributed by atoms with Crippen molar-refractivity contribution in [3.05, 3.63) is 60.7 Å². The molecule has 4 N–H and O–H groups in total. The molecule has 0 aliphatic rings. The highest BCUT2D eigenvalue weighted by Gasteiger charge is 2.10. The summed E-state index contributed by atoms with van der Waals surface area (Å²) >= 11 is 0. The van der Waals surface area contributed by atoms with Crippen LogP contribution in [0, 0.1) is 0 Å². The molecule has 3 aromatic carbocycles. The van der Waals surface area contributed by atoms with Crippen LogP contribution in [0.15, 0.2) is 60.7 Å². The van der Waals surface area contributed by atoms with E-state index in [4.69, 9.17) is 0 Å². The van der Waals surface area contributed by atoms with Crippen molar-refractivity contribution in [1.82, 2.24) is 0 Å². The fourth-order valence-corrected chi connectivity index (χ4v) is 2.36. The minimum Gasteiger partial charge on any atom is -0.508 e. The second-order valence-electron chi connectivity index (χ2n) is 4.98. The minimum atomic E-state index is 0.0510. The van der Waals surface area contributed by atoms with E-state index in [1.165, 1.54) is 36.4 Å². The van der Waals surface area contributed by atoms with Crippen LogP contribution in [0.1, 0.15) is 0 Å². The van der Waals surface area contributed by atoms with E-state index in [9.17, 15) is 20.4 Å². The van der Waals surface area contributed by atoms with Gasteiger partial charge < -0.3 is 20.4 Å². The van der Waals surface area contributed by atoms with Gasteiger partial charge in [0.15, 0.2) is 0 Å². The maximum absolute atomic E-state index is 9.95. The third-order valence-corrected chi connectivity index (χ3v) is 3.44. The third kappa shape index (κ3) is 2.54. The lowest BCUT2D eigenvalue weighted by Crippen LogP contribution is -1.83. The highest BCUT2D eigenvalue weighted by molar-refractivity contribution is 5.79. The zero-order valence-electron chi connectivity index (χ0n) is 11.6. The number of phenolic OH excluding ortho intramolecular Hbond substituents is 4. The van der Waals surface area contributed by atoms with Gasteiger partial charge in [-0.1, -0.05) is 18.2 Å². The Labute approximate surface area is 127 Å². The Balaban J connectivity index is 2.14. The Hall–Kier alpha value is -3.14. The molecule has 110 valence electrons. The van der Waals surface area contributed by atoms with Crippen molar-refractivity contribution in [3.63, 3.8) is 0 Å².